The first-order valence-electron chi connectivity index (χ1n) is 7.22. The molecule has 0 aliphatic carbocycles. The average Bonchev–Trinajstić information content (AvgIpc) is 2.44. The fourth-order valence-electron chi connectivity index (χ4n) is 1.93. The molecule has 0 heterocycles. The second kappa shape index (κ2) is 9.03. The number of hydroxylamine groups is 1. The Morgan fingerprint density at radius 3 is 2.50 bits per heavy atom. The Kier molecular flexibility index (Phi) is 7.73. The van der Waals surface area contributed by atoms with Crippen molar-refractivity contribution in [3.63, 3.8) is 0 Å². The minimum atomic E-state index is -0.409. The van der Waals surface area contributed by atoms with E-state index in [1.54, 1.807) is 23.3 Å². The highest BCUT2D eigenvalue weighted by molar-refractivity contribution is 7.94. The summed E-state index contributed by atoms with van der Waals surface area (Å²) in [4.78, 5) is 18.1. The van der Waals surface area contributed by atoms with Crippen molar-refractivity contribution in [1.29, 1.82) is 0 Å². The number of nitrogens with zero attached hydrogens (tertiary/aromatic N) is 1. The molecule has 5 nitrogen and oxygen atoms in total. The summed E-state index contributed by atoms with van der Waals surface area (Å²) in [5, 5.41) is 1.67. The summed E-state index contributed by atoms with van der Waals surface area (Å²) in [5.74, 6) is 0.113. The average molecular weight is 344 g/mol. The van der Waals surface area contributed by atoms with Crippen LogP contribution >= 0.6 is 7.58 Å². The molecule has 1 aromatic rings. The highest BCUT2D eigenvalue weighted by Crippen LogP contribution is 2.36. The van der Waals surface area contributed by atoms with Crippen molar-refractivity contribution in [2.75, 3.05) is 11.7 Å². The minimum Gasteiger partial charge on any atom is -0.459 e. The molecule has 0 amide bonds. The molecule has 0 aromatic heterocycles. The lowest BCUT2D eigenvalue weighted by Gasteiger charge is -2.29. The molecule has 122 valence electrons. The lowest BCUT2D eigenvalue weighted by atomic mass is 10.1. The van der Waals surface area contributed by atoms with Crippen LogP contribution in [0.25, 0.3) is 0 Å². The number of anilines is 1. The molecule has 0 spiro atoms. The van der Waals surface area contributed by atoms with E-state index in [0.717, 1.165) is 0 Å². The standard InChI is InChI=1S/C15H22NO4PS/c1-6-18-16(10(2)3)14-12(15(17)19-11(4)5)8-7-9-13(14)20-21-22/h7-11H,6H2,1-5H3/p+1. The van der Waals surface area contributed by atoms with E-state index in [-0.39, 0.29) is 19.7 Å². The van der Waals surface area contributed by atoms with Gasteiger partial charge in [0.05, 0.1) is 24.3 Å². The second-order valence-corrected chi connectivity index (χ2v) is 6.00. The van der Waals surface area contributed by atoms with Gasteiger partial charge in [0, 0.05) is 0 Å². The van der Waals surface area contributed by atoms with Crippen molar-refractivity contribution in [1.82, 2.24) is 0 Å². The lowest BCUT2D eigenvalue weighted by Crippen LogP contribution is -2.33. The summed E-state index contributed by atoms with van der Waals surface area (Å²) >= 11 is 4.92. The van der Waals surface area contributed by atoms with E-state index in [4.69, 9.17) is 25.9 Å². The van der Waals surface area contributed by atoms with Crippen LogP contribution in [0.4, 0.5) is 5.69 Å². The Morgan fingerprint density at radius 1 is 1.32 bits per heavy atom. The van der Waals surface area contributed by atoms with Gasteiger partial charge in [-0.05, 0) is 46.8 Å². The molecule has 0 bridgehead atoms. The fraction of sp³-hybridized carbons (Fsp3) is 0.533. The van der Waals surface area contributed by atoms with Crippen molar-refractivity contribution in [2.45, 2.75) is 46.8 Å². The summed E-state index contributed by atoms with van der Waals surface area (Å²) < 4.78 is 10.8. The first-order valence-corrected chi connectivity index (χ1v) is 9.26. The van der Waals surface area contributed by atoms with Crippen LogP contribution in [0.5, 0.6) is 5.75 Å². The summed E-state index contributed by atoms with van der Waals surface area (Å²) in [6.07, 6.45) is -0.203. The van der Waals surface area contributed by atoms with Gasteiger partial charge in [-0.1, -0.05) is 6.07 Å². The van der Waals surface area contributed by atoms with Gasteiger partial charge in [0.1, 0.15) is 5.69 Å². The van der Waals surface area contributed by atoms with Gasteiger partial charge in [-0.2, -0.15) is 0 Å². The normalized spacial score (nSPS) is 11.0. The number of esters is 1. The molecule has 0 saturated heterocycles. The van der Waals surface area contributed by atoms with Crippen molar-refractivity contribution in [2.24, 2.45) is 0 Å². The third kappa shape index (κ3) is 4.90. The van der Waals surface area contributed by atoms with Crippen LogP contribution in [0.1, 0.15) is 45.0 Å². The summed E-state index contributed by atoms with van der Waals surface area (Å²) in [7, 11) is -0.145. The van der Waals surface area contributed by atoms with E-state index < -0.39 is 5.97 Å². The summed E-state index contributed by atoms with van der Waals surface area (Å²) in [6.45, 7) is 9.93. The maximum absolute atomic E-state index is 12.4. The van der Waals surface area contributed by atoms with E-state index in [2.05, 4.69) is 0 Å². The maximum Gasteiger partial charge on any atom is 0.373 e. The van der Waals surface area contributed by atoms with E-state index in [1.807, 2.05) is 34.6 Å². The molecule has 7 heteroatoms. The number of carbonyl (C=O) groups excluding carboxylic acids is 1. The minimum absolute atomic E-state index is 0.0174. The number of para-hydroxylation sites is 1. The van der Waals surface area contributed by atoms with E-state index >= 15 is 0 Å². The van der Waals surface area contributed by atoms with Crippen LogP contribution in [0.3, 0.4) is 0 Å². The third-order valence-electron chi connectivity index (χ3n) is 2.67. The number of hydrogen-bond acceptors (Lipinski definition) is 6. The highest BCUT2D eigenvalue weighted by Gasteiger charge is 2.26. The third-order valence-corrected chi connectivity index (χ3v) is 3.22. The van der Waals surface area contributed by atoms with Gasteiger partial charge in [0.15, 0.2) is 0 Å². The van der Waals surface area contributed by atoms with Crippen LogP contribution < -0.4 is 9.59 Å². The molecule has 1 aromatic carbocycles. The first kappa shape index (κ1) is 18.8. The van der Waals surface area contributed by atoms with Crippen molar-refractivity contribution < 1.29 is 18.9 Å². The topological polar surface area (TPSA) is 48.0 Å². The van der Waals surface area contributed by atoms with Crippen molar-refractivity contribution in [3.8, 4) is 5.75 Å². The maximum atomic E-state index is 12.4. The lowest BCUT2D eigenvalue weighted by molar-refractivity contribution is 0.0372. The molecule has 0 N–H and O–H groups in total. The predicted octanol–water partition coefficient (Wildman–Crippen LogP) is 3.85. The number of rotatable bonds is 8. The van der Waals surface area contributed by atoms with E-state index in [0.29, 0.717) is 23.6 Å². The van der Waals surface area contributed by atoms with Gasteiger partial charge in [-0.15, -0.1) is 0 Å². The summed E-state index contributed by atoms with van der Waals surface area (Å²) in [6, 6.07) is 5.24. The van der Waals surface area contributed by atoms with Crippen LogP contribution in [-0.2, 0) is 21.4 Å². The molecule has 0 saturated carbocycles. The van der Waals surface area contributed by atoms with Crippen LogP contribution in [0.2, 0.25) is 0 Å². The van der Waals surface area contributed by atoms with Crippen molar-refractivity contribution >= 4 is 31.0 Å². The fourth-order valence-corrected chi connectivity index (χ4v) is 2.45. The molecule has 1 unspecified atom stereocenters. The number of benzene rings is 1. The molecule has 0 fully saturated rings. The van der Waals surface area contributed by atoms with Crippen molar-refractivity contribution in [3.05, 3.63) is 23.8 Å². The molecule has 22 heavy (non-hydrogen) atoms. The largest absolute Gasteiger partial charge is 0.459 e. The van der Waals surface area contributed by atoms with Crippen LogP contribution in [0, 0.1) is 0 Å². The Labute approximate surface area is 138 Å². The van der Waals surface area contributed by atoms with Gasteiger partial charge < -0.3 is 4.74 Å². The molecule has 0 aliphatic heterocycles. The van der Waals surface area contributed by atoms with E-state index in [9.17, 15) is 4.79 Å². The highest BCUT2D eigenvalue weighted by atomic mass is 32.4. The first-order chi connectivity index (χ1) is 10.4. The van der Waals surface area contributed by atoms with Gasteiger partial charge in [0.25, 0.3) is 0 Å². The molecule has 0 aliphatic rings. The predicted molar refractivity (Wildman–Crippen MR) is 92.5 cm³/mol. The monoisotopic (exact) mass is 344 g/mol. The quantitative estimate of drug-likeness (QED) is 0.405. The molecule has 0 radical (unpaired) electrons. The number of carbonyl (C=O) groups is 1. The molecular weight excluding hydrogens is 321 g/mol. The zero-order chi connectivity index (χ0) is 16.7. The zero-order valence-electron chi connectivity index (χ0n) is 13.6. The van der Waals surface area contributed by atoms with Gasteiger partial charge in [-0.3, -0.25) is 9.36 Å². The van der Waals surface area contributed by atoms with Gasteiger partial charge in [0.2, 0.25) is 17.6 Å². The van der Waals surface area contributed by atoms with Crippen LogP contribution in [-0.4, -0.2) is 24.7 Å². The zero-order valence-corrected chi connectivity index (χ0v) is 15.4. The molecule has 1 atom stereocenters. The second-order valence-electron chi connectivity index (χ2n) is 5.13. The molecular formula is C15H23NO4PS+. The molecule has 1 rings (SSSR count). The Hall–Kier alpha value is -1.23. The summed E-state index contributed by atoms with van der Waals surface area (Å²) in [5.41, 5.74) is 0.962. The Bertz CT molecular complexity index is 522. The number of ether oxygens (including phenoxy) is 1. The van der Waals surface area contributed by atoms with Crippen LogP contribution in [0.15, 0.2) is 18.2 Å². The van der Waals surface area contributed by atoms with E-state index in [1.165, 1.54) is 0 Å². The van der Waals surface area contributed by atoms with Gasteiger partial charge >= 0.3 is 13.6 Å². The Balaban J connectivity index is 3.39. The SMILES string of the molecule is CCON(c1c(O[PH+]=S)cccc1C(=O)OC(C)C)C(C)C. The Morgan fingerprint density at radius 2 is 2.00 bits per heavy atom. The number of hydrogen-bond donors (Lipinski definition) is 0. The smallest absolute Gasteiger partial charge is 0.373 e. The van der Waals surface area contributed by atoms with Gasteiger partial charge in [-0.25, -0.2) is 9.86 Å².